The summed E-state index contributed by atoms with van der Waals surface area (Å²) in [6.07, 6.45) is 0. The van der Waals surface area contributed by atoms with Crippen LogP contribution in [0.1, 0.15) is 0 Å². The molecule has 0 aliphatic carbocycles. The maximum atomic E-state index is 2.41. The van der Waals surface area contributed by atoms with E-state index >= 15 is 0 Å². The van der Waals surface area contributed by atoms with Crippen LogP contribution in [0.3, 0.4) is 0 Å². The van der Waals surface area contributed by atoms with E-state index in [0.717, 1.165) is 17.1 Å². The van der Waals surface area contributed by atoms with Crippen LogP contribution >= 0.6 is 0 Å². The van der Waals surface area contributed by atoms with Crippen molar-refractivity contribution >= 4 is 17.1 Å². The number of benzene rings is 8. The molecule has 0 N–H and O–H groups in total. The van der Waals surface area contributed by atoms with Crippen molar-refractivity contribution in [1.29, 1.82) is 0 Å². The average Bonchev–Trinajstić information content (AvgIpc) is 3.20. The average molecular weight is 626 g/mol. The highest BCUT2D eigenvalue weighted by atomic mass is 15.1. The highest BCUT2D eigenvalue weighted by Gasteiger charge is 2.21. The molecule has 0 radical (unpaired) electrons. The Labute approximate surface area is 289 Å². The van der Waals surface area contributed by atoms with Crippen LogP contribution in [0, 0.1) is 0 Å². The number of nitrogens with zero attached hydrogens (tertiary/aromatic N) is 1. The zero-order valence-electron chi connectivity index (χ0n) is 27.2. The fraction of sp³-hybridized carbons (Fsp3) is 0. The second kappa shape index (κ2) is 13.7. The van der Waals surface area contributed by atoms with Gasteiger partial charge in [-0.1, -0.05) is 176 Å². The lowest BCUT2D eigenvalue weighted by atomic mass is 9.89. The van der Waals surface area contributed by atoms with Gasteiger partial charge in [-0.25, -0.2) is 0 Å². The monoisotopic (exact) mass is 625 g/mol. The molecule has 0 aromatic heterocycles. The van der Waals surface area contributed by atoms with Crippen LogP contribution in [-0.4, -0.2) is 0 Å². The van der Waals surface area contributed by atoms with Crippen LogP contribution in [0.2, 0.25) is 0 Å². The molecular weight excluding hydrogens is 591 g/mol. The van der Waals surface area contributed by atoms with Crippen molar-refractivity contribution in [2.45, 2.75) is 0 Å². The van der Waals surface area contributed by atoms with E-state index in [-0.39, 0.29) is 0 Å². The minimum Gasteiger partial charge on any atom is -0.310 e. The fourth-order valence-corrected chi connectivity index (χ4v) is 6.63. The van der Waals surface area contributed by atoms with Crippen LogP contribution in [0.15, 0.2) is 212 Å². The maximum absolute atomic E-state index is 2.41. The Hall–Kier alpha value is -6.44. The van der Waals surface area contributed by atoms with E-state index in [4.69, 9.17) is 0 Å². The molecular formula is C48H35N. The highest BCUT2D eigenvalue weighted by Crippen LogP contribution is 2.47. The van der Waals surface area contributed by atoms with Crippen LogP contribution in [0.5, 0.6) is 0 Å². The molecule has 0 heterocycles. The van der Waals surface area contributed by atoms with Gasteiger partial charge in [0.05, 0.1) is 5.69 Å². The van der Waals surface area contributed by atoms with E-state index in [0.29, 0.717) is 0 Å². The largest absolute Gasteiger partial charge is 0.310 e. The lowest BCUT2D eigenvalue weighted by Crippen LogP contribution is -2.12. The third-order valence-electron chi connectivity index (χ3n) is 9.10. The molecule has 0 bridgehead atoms. The van der Waals surface area contributed by atoms with Gasteiger partial charge in [-0.3, -0.25) is 0 Å². The molecule has 49 heavy (non-hydrogen) atoms. The predicted octanol–water partition coefficient (Wildman–Crippen LogP) is 13.5. The summed E-state index contributed by atoms with van der Waals surface area (Å²) in [5.74, 6) is 0. The van der Waals surface area contributed by atoms with Gasteiger partial charge in [0.2, 0.25) is 0 Å². The summed E-state index contributed by atoms with van der Waals surface area (Å²) < 4.78 is 0. The van der Waals surface area contributed by atoms with Crippen molar-refractivity contribution in [2.24, 2.45) is 0 Å². The van der Waals surface area contributed by atoms with E-state index in [2.05, 4.69) is 217 Å². The Bertz CT molecular complexity index is 2180. The standard InChI is InChI=1S/C48H35N/c1-6-16-36(17-7-1)38-26-30-43(31-27-38)49(44-32-28-39(29-33-44)37-18-8-2-9-19-37)48-35-46(41-22-12-4-13-23-41)45(40-20-10-3-11-21-40)34-47(48)42-24-14-5-15-25-42/h1-35H. The lowest BCUT2D eigenvalue weighted by molar-refractivity contribution is 1.28. The van der Waals surface area contributed by atoms with Crippen LogP contribution in [-0.2, 0) is 0 Å². The molecule has 0 atom stereocenters. The molecule has 8 rings (SSSR count). The third kappa shape index (κ3) is 6.31. The minimum absolute atomic E-state index is 1.09. The summed E-state index contributed by atoms with van der Waals surface area (Å²) in [7, 11) is 0. The van der Waals surface area contributed by atoms with Gasteiger partial charge in [0.1, 0.15) is 0 Å². The molecule has 0 saturated carbocycles. The van der Waals surface area contributed by atoms with Crippen molar-refractivity contribution in [2.75, 3.05) is 4.90 Å². The molecule has 0 spiro atoms. The lowest BCUT2D eigenvalue weighted by Gasteiger charge is -2.30. The summed E-state index contributed by atoms with van der Waals surface area (Å²) in [6.45, 7) is 0. The SMILES string of the molecule is c1ccc(-c2ccc(N(c3ccc(-c4ccccc4)cc3)c3cc(-c4ccccc4)c(-c4ccccc4)cc3-c3ccccc3)cc2)cc1. The summed E-state index contributed by atoms with van der Waals surface area (Å²) in [4.78, 5) is 2.41. The number of hydrogen-bond acceptors (Lipinski definition) is 1. The van der Waals surface area contributed by atoms with Gasteiger partial charge >= 0.3 is 0 Å². The first kappa shape index (κ1) is 29.9. The van der Waals surface area contributed by atoms with Gasteiger partial charge in [-0.2, -0.15) is 0 Å². The number of rotatable bonds is 8. The van der Waals surface area contributed by atoms with Crippen LogP contribution in [0.4, 0.5) is 17.1 Å². The van der Waals surface area contributed by atoms with Crippen LogP contribution < -0.4 is 4.90 Å². The Morgan fingerprint density at radius 2 is 0.510 bits per heavy atom. The van der Waals surface area contributed by atoms with E-state index in [1.165, 1.54) is 55.6 Å². The second-order valence-corrected chi connectivity index (χ2v) is 12.2. The summed E-state index contributed by atoms with van der Waals surface area (Å²) in [6, 6.07) is 76.1. The van der Waals surface area contributed by atoms with Crippen molar-refractivity contribution in [1.82, 2.24) is 0 Å². The van der Waals surface area contributed by atoms with Gasteiger partial charge in [-0.15, -0.1) is 0 Å². The van der Waals surface area contributed by atoms with E-state index < -0.39 is 0 Å². The molecule has 0 fully saturated rings. The van der Waals surface area contributed by atoms with Crippen molar-refractivity contribution in [3.63, 3.8) is 0 Å². The van der Waals surface area contributed by atoms with Gasteiger partial charge in [0.25, 0.3) is 0 Å². The summed E-state index contributed by atoms with van der Waals surface area (Å²) in [5.41, 5.74) is 15.2. The van der Waals surface area contributed by atoms with E-state index in [1.54, 1.807) is 0 Å². The Morgan fingerprint density at radius 1 is 0.224 bits per heavy atom. The molecule has 1 heteroatoms. The van der Waals surface area contributed by atoms with Gasteiger partial charge in [-0.05, 0) is 86.5 Å². The molecule has 0 aliphatic rings. The summed E-state index contributed by atoms with van der Waals surface area (Å²) >= 11 is 0. The molecule has 1 nitrogen and oxygen atoms in total. The molecule has 0 unspecified atom stereocenters. The van der Waals surface area contributed by atoms with Crippen LogP contribution in [0.25, 0.3) is 55.6 Å². The quantitative estimate of drug-likeness (QED) is 0.162. The summed E-state index contributed by atoms with van der Waals surface area (Å²) in [5, 5.41) is 0. The molecule has 8 aromatic rings. The third-order valence-corrected chi connectivity index (χ3v) is 9.10. The first-order chi connectivity index (χ1) is 24.3. The Kier molecular flexibility index (Phi) is 8.39. The van der Waals surface area contributed by atoms with E-state index in [9.17, 15) is 0 Å². The zero-order valence-corrected chi connectivity index (χ0v) is 27.2. The first-order valence-corrected chi connectivity index (χ1v) is 16.8. The smallest absolute Gasteiger partial charge is 0.0546 e. The molecule has 0 aliphatic heterocycles. The number of anilines is 3. The normalized spacial score (nSPS) is 10.9. The highest BCUT2D eigenvalue weighted by molar-refractivity contribution is 5.97. The predicted molar refractivity (Wildman–Crippen MR) is 208 cm³/mol. The fourth-order valence-electron chi connectivity index (χ4n) is 6.63. The first-order valence-electron chi connectivity index (χ1n) is 16.8. The van der Waals surface area contributed by atoms with E-state index in [1.807, 2.05) is 0 Å². The molecule has 0 saturated heterocycles. The minimum atomic E-state index is 1.09. The Balaban J connectivity index is 1.38. The van der Waals surface area contributed by atoms with Gasteiger partial charge in [0, 0.05) is 16.9 Å². The van der Waals surface area contributed by atoms with Gasteiger partial charge < -0.3 is 4.90 Å². The molecule has 8 aromatic carbocycles. The topological polar surface area (TPSA) is 3.24 Å². The Morgan fingerprint density at radius 3 is 0.878 bits per heavy atom. The zero-order chi connectivity index (χ0) is 32.8. The van der Waals surface area contributed by atoms with Crippen molar-refractivity contribution in [3.8, 4) is 55.6 Å². The van der Waals surface area contributed by atoms with Crippen molar-refractivity contribution < 1.29 is 0 Å². The number of hydrogen-bond donors (Lipinski definition) is 0. The van der Waals surface area contributed by atoms with Gasteiger partial charge in [0.15, 0.2) is 0 Å². The molecule has 0 amide bonds. The second-order valence-electron chi connectivity index (χ2n) is 12.2. The molecule has 232 valence electrons. The van der Waals surface area contributed by atoms with Crippen molar-refractivity contribution in [3.05, 3.63) is 212 Å². The maximum Gasteiger partial charge on any atom is 0.0546 e.